The first kappa shape index (κ1) is 24.3. The summed E-state index contributed by atoms with van der Waals surface area (Å²) < 4.78 is 30.5. The fourth-order valence-electron chi connectivity index (χ4n) is 3.50. The van der Waals surface area contributed by atoms with Gasteiger partial charge < -0.3 is 14.2 Å². The van der Waals surface area contributed by atoms with Crippen LogP contribution in [0.5, 0.6) is 0 Å². The van der Waals surface area contributed by atoms with Crippen LogP contribution in [0, 0.1) is 5.82 Å². The number of likely N-dealkylation sites (tertiary alicyclic amines) is 1. The third-order valence-corrected chi connectivity index (χ3v) is 5.00. The van der Waals surface area contributed by atoms with Crippen molar-refractivity contribution < 1.29 is 28.2 Å². The Hall–Kier alpha value is -1.99. The van der Waals surface area contributed by atoms with Gasteiger partial charge in [-0.3, -0.25) is 9.69 Å². The van der Waals surface area contributed by atoms with Crippen LogP contribution in [0.2, 0.25) is 0 Å². The van der Waals surface area contributed by atoms with E-state index in [0.29, 0.717) is 30.5 Å². The summed E-state index contributed by atoms with van der Waals surface area (Å²) >= 11 is 0. The number of rotatable bonds is 9. The van der Waals surface area contributed by atoms with Gasteiger partial charge in [0.15, 0.2) is 12.1 Å². The van der Waals surface area contributed by atoms with Gasteiger partial charge in [0.1, 0.15) is 11.4 Å². The quantitative estimate of drug-likeness (QED) is 0.409. The zero-order valence-corrected chi connectivity index (χ0v) is 18.7. The Bertz CT molecular complexity index is 731. The molecule has 1 aliphatic heterocycles. The second-order valence-electron chi connectivity index (χ2n) is 8.62. The number of ketones is 1. The monoisotopic (exact) mass is 423 g/mol. The number of unbranched alkanes of at least 4 members (excludes halogenated alkanes) is 1. The van der Waals surface area contributed by atoms with Gasteiger partial charge in [-0.1, -0.05) is 13.3 Å². The topological polar surface area (TPSA) is 65.1 Å². The van der Waals surface area contributed by atoms with Crippen molar-refractivity contribution in [3.63, 3.8) is 0 Å². The normalized spacial score (nSPS) is 17.8. The molecule has 0 spiro atoms. The molecule has 1 amide bonds. The Morgan fingerprint density at radius 2 is 2.03 bits per heavy atom. The first-order chi connectivity index (χ1) is 14.2. The predicted molar refractivity (Wildman–Crippen MR) is 112 cm³/mol. The molecule has 30 heavy (non-hydrogen) atoms. The van der Waals surface area contributed by atoms with Gasteiger partial charge in [-0.2, -0.15) is 0 Å². The van der Waals surface area contributed by atoms with Crippen molar-refractivity contribution in [2.24, 2.45) is 0 Å². The summed E-state index contributed by atoms with van der Waals surface area (Å²) in [6, 6.07) is 3.42. The number of hydrogen-bond donors (Lipinski definition) is 0. The second kappa shape index (κ2) is 10.9. The summed E-state index contributed by atoms with van der Waals surface area (Å²) in [6.45, 7) is 7.96. The van der Waals surface area contributed by atoms with Crippen LogP contribution in [0.25, 0.3) is 0 Å². The molecule has 2 rings (SSSR count). The van der Waals surface area contributed by atoms with E-state index in [1.807, 2.05) is 0 Å². The van der Waals surface area contributed by atoms with E-state index in [-0.39, 0.29) is 12.4 Å². The number of ether oxygens (including phenoxy) is 3. The maximum Gasteiger partial charge on any atom is 0.410 e. The van der Waals surface area contributed by atoms with E-state index in [0.717, 1.165) is 19.3 Å². The molecule has 0 aromatic heterocycles. The minimum absolute atomic E-state index is 0.0558. The van der Waals surface area contributed by atoms with Crippen molar-refractivity contribution in [2.45, 2.75) is 84.3 Å². The summed E-state index contributed by atoms with van der Waals surface area (Å²) in [6.07, 6.45) is 3.02. The van der Waals surface area contributed by atoms with Gasteiger partial charge in [-0.25, -0.2) is 9.18 Å². The molecule has 168 valence electrons. The molecule has 1 aromatic rings. The Balaban J connectivity index is 2.17. The molecule has 0 saturated carbocycles. The number of nitrogens with zero attached hydrogens (tertiary/aromatic N) is 1. The van der Waals surface area contributed by atoms with E-state index in [1.54, 1.807) is 27.9 Å². The van der Waals surface area contributed by atoms with Crippen LogP contribution in [0.4, 0.5) is 9.18 Å². The molecule has 1 fully saturated rings. The van der Waals surface area contributed by atoms with Gasteiger partial charge in [0, 0.05) is 19.2 Å². The van der Waals surface area contributed by atoms with Gasteiger partial charge in [-0.15, -0.1) is 0 Å². The molecule has 0 aliphatic carbocycles. The van der Waals surface area contributed by atoms with Crippen molar-refractivity contribution in [3.8, 4) is 0 Å². The lowest BCUT2D eigenvalue weighted by Crippen LogP contribution is -2.43. The van der Waals surface area contributed by atoms with Crippen molar-refractivity contribution in [1.82, 2.24) is 4.90 Å². The Kier molecular flexibility index (Phi) is 8.79. The SMILES string of the molecule is CCCCC(OC)OCc1cc(F)ccc1C(=O)[C@H]1CCCN1C(=O)OC(C)(C)C. The highest BCUT2D eigenvalue weighted by molar-refractivity contribution is 6.02. The van der Waals surface area contributed by atoms with Crippen LogP contribution in [-0.2, 0) is 20.8 Å². The number of halogens is 1. The largest absolute Gasteiger partial charge is 0.444 e. The molecule has 1 aliphatic rings. The van der Waals surface area contributed by atoms with Crippen molar-refractivity contribution in [3.05, 3.63) is 35.1 Å². The minimum Gasteiger partial charge on any atom is -0.444 e. The van der Waals surface area contributed by atoms with Crippen molar-refractivity contribution in [2.75, 3.05) is 13.7 Å². The van der Waals surface area contributed by atoms with Crippen LogP contribution in [0.1, 0.15) is 75.7 Å². The predicted octanol–water partition coefficient (Wildman–Crippen LogP) is 5.09. The van der Waals surface area contributed by atoms with E-state index in [2.05, 4.69) is 6.92 Å². The average molecular weight is 424 g/mol. The number of carbonyl (C=O) groups is 2. The summed E-state index contributed by atoms with van der Waals surface area (Å²) in [5.41, 5.74) is 0.173. The number of carbonyl (C=O) groups excluding carboxylic acids is 2. The molecule has 6 nitrogen and oxygen atoms in total. The Labute approximate surface area is 178 Å². The molecular formula is C23H34FNO5. The van der Waals surface area contributed by atoms with Crippen molar-refractivity contribution in [1.29, 1.82) is 0 Å². The zero-order chi connectivity index (χ0) is 22.3. The maximum atomic E-state index is 13.9. The van der Waals surface area contributed by atoms with Crippen LogP contribution in [-0.4, -0.2) is 48.4 Å². The molecular weight excluding hydrogens is 389 g/mol. The van der Waals surface area contributed by atoms with E-state index in [1.165, 1.54) is 23.1 Å². The highest BCUT2D eigenvalue weighted by atomic mass is 19.1. The summed E-state index contributed by atoms with van der Waals surface area (Å²) in [7, 11) is 1.56. The van der Waals surface area contributed by atoms with E-state index >= 15 is 0 Å². The lowest BCUT2D eigenvalue weighted by molar-refractivity contribution is -0.135. The van der Waals surface area contributed by atoms with Gasteiger partial charge in [0.05, 0.1) is 12.6 Å². The number of Topliss-reactive ketones (excluding diaryl/α,β-unsaturated/α-hetero) is 1. The van der Waals surface area contributed by atoms with Crippen LogP contribution in [0.15, 0.2) is 18.2 Å². The van der Waals surface area contributed by atoms with Gasteiger partial charge >= 0.3 is 6.09 Å². The molecule has 1 aromatic carbocycles. The van der Waals surface area contributed by atoms with Crippen LogP contribution >= 0.6 is 0 Å². The van der Waals surface area contributed by atoms with E-state index < -0.39 is 29.8 Å². The minimum atomic E-state index is -0.643. The third kappa shape index (κ3) is 6.77. The Morgan fingerprint density at radius 3 is 2.67 bits per heavy atom. The fraction of sp³-hybridized carbons (Fsp3) is 0.652. The molecule has 7 heteroatoms. The molecule has 1 saturated heterocycles. The molecule has 1 heterocycles. The van der Waals surface area contributed by atoms with E-state index in [9.17, 15) is 14.0 Å². The smallest absolute Gasteiger partial charge is 0.410 e. The van der Waals surface area contributed by atoms with Crippen molar-refractivity contribution >= 4 is 11.9 Å². The third-order valence-electron chi connectivity index (χ3n) is 5.00. The number of benzene rings is 1. The zero-order valence-electron chi connectivity index (χ0n) is 18.7. The molecule has 0 radical (unpaired) electrons. The number of amides is 1. The second-order valence-corrected chi connectivity index (χ2v) is 8.62. The van der Waals surface area contributed by atoms with Gasteiger partial charge in [0.2, 0.25) is 0 Å². The van der Waals surface area contributed by atoms with Gasteiger partial charge in [0.25, 0.3) is 0 Å². The first-order valence-corrected chi connectivity index (χ1v) is 10.6. The maximum absolute atomic E-state index is 13.9. The lowest BCUT2D eigenvalue weighted by atomic mass is 9.97. The van der Waals surface area contributed by atoms with Crippen LogP contribution < -0.4 is 0 Å². The lowest BCUT2D eigenvalue weighted by Gasteiger charge is -2.28. The highest BCUT2D eigenvalue weighted by Crippen LogP contribution is 2.26. The Morgan fingerprint density at radius 1 is 1.30 bits per heavy atom. The standard InChI is InChI=1S/C23H34FNO5/c1-6-7-10-20(28-5)29-15-16-14-17(24)11-12-18(16)21(26)19-9-8-13-25(19)22(27)30-23(2,3)4/h11-12,14,19-20H,6-10,13,15H2,1-5H3/t19-,20?/m1/s1. The summed E-state index contributed by atoms with van der Waals surface area (Å²) in [5, 5.41) is 0. The van der Waals surface area contributed by atoms with Crippen LogP contribution in [0.3, 0.4) is 0 Å². The van der Waals surface area contributed by atoms with E-state index in [4.69, 9.17) is 14.2 Å². The number of hydrogen-bond acceptors (Lipinski definition) is 5. The summed E-state index contributed by atoms with van der Waals surface area (Å²) in [5.74, 6) is -0.664. The molecule has 1 unspecified atom stereocenters. The molecule has 0 bridgehead atoms. The molecule has 2 atom stereocenters. The summed E-state index contributed by atoms with van der Waals surface area (Å²) in [4.78, 5) is 27.3. The fourth-order valence-corrected chi connectivity index (χ4v) is 3.50. The highest BCUT2D eigenvalue weighted by Gasteiger charge is 2.37. The first-order valence-electron chi connectivity index (χ1n) is 10.6. The average Bonchev–Trinajstić information content (AvgIpc) is 3.16. The number of methoxy groups -OCH3 is 1. The van der Waals surface area contributed by atoms with Gasteiger partial charge in [-0.05, 0) is 70.2 Å². The molecule has 0 N–H and O–H groups in total.